The Kier molecular flexibility index (Phi) is 5.07. The van der Waals surface area contributed by atoms with Gasteiger partial charge in [0.05, 0.1) is 30.9 Å². The molecule has 0 aliphatic carbocycles. The van der Waals surface area contributed by atoms with Crippen LogP contribution < -0.4 is 4.74 Å². The van der Waals surface area contributed by atoms with Crippen LogP contribution in [0.25, 0.3) is 11.0 Å². The number of pyridine rings is 1. The molecule has 4 rings (SSSR count). The SMILES string of the molecule is COc1ccc(CSc2nc3ccncc3n2Cc2ccc(F)cc2)cc1. The molecule has 0 atom stereocenters. The molecule has 27 heavy (non-hydrogen) atoms. The van der Waals surface area contributed by atoms with Gasteiger partial charge >= 0.3 is 0 Å². The summed E-state index contributed by atoms with van der Waals surface area (Å²) in [6.45, 7) is 0.618. The van der Waals surface area contributed by atoms with E-state index < -0.39 is 0 Å². The van der Waals surface area contributed by atoms with Gasteiger partial charge in [0.1, 0.15) is 11.6 Å². The van der Waals surface area contributed by atoms with Crippen LogP contribution in [0.1, 0.15) is 11.1 Å². The van der Waals surface area contributed by atoms with Crippen molar-refractivity contribution in [3.05, 3.63) is 83.9 Å². The fourth-order valence-corrected chi connectivity index (χ4v) is 3.82. The second kappa shape index (κ2) is 7.80. The number of fused-ring (bicyclic) bond motifs is 1. The summed E-state index contributed by atoms with van der Waals surface area (Å²) in [4.78, 5) is 9.00. The standard InChI is InChI=1S/C21H18FN3OS/c1-26-18-8-4-16(5-9-18)14-27-21-24-19-10-11-23-12-20(19)25(21)13-15-2-6-17(22)7-3-15/h2-12H,13-14H2,1H3. The van der Waals surface area contributed by atoms with E-state index in [-0.39, 0.29) is 5.82 Å². The quantitative estimate of drug-likeness (QED) is 0.446. The number of thioether (sulfide) groups is 1. The average molecular weight is 379 g/mol. The van der Waals surface area contributed by atoms with Crippen molar-refractivity contribution in [2.45, 2.75) is 17.5 Å². The van der Waals surface area contributed by atoms with E-state index in [2.05, 4.69) is 21.7 Å². The van der Waals surface area contributed by atoms with Crippen LogP contribution in [-0.4, -0.2) is 21.6 Å². The summed E-state index contributed by atoms with van der Waals surface area (Å²) >= 11 is 1.67. The van der Waals surface area contributed by atoms with Gasteiger partial charge in [-0.3, -0.25) is 4.98 Å². The van der Waals surface area contributed by atoms with Gasteiger partial charge < -0.3 is 9.30 Å². The summed E-state index contributed by atoms with van der Waals surface area (Å²) in [5.74, 6) is 1.41. The van der Waals surface area contributed by atoms with Crippen molar-refractivity contribution in [3.8, 4) is 5.75 Å². The molecule has 0 aliphatic rings. The van der Waals surface area contributed by atoms with E-state index >= 15 is 0 Å². The smallest absolute Gasteiger partial charge is 0.169 e. The number of rotatable bonds is 6. The maximum Gasteiger partial charge on any atom is 0.169 e. The van der Waals surface area contributed by atoms with Crippen LogP contribution in [-0.2, 0) is 12.3 Å². The Bertz CT molecular complexity index is 1050. The summed E-state index contributed by atoms with van der Waals surface area (Å²) in [5, 5.41) is 0.915. The van der Waals surface area contributed by atoms with Crippen LogP contribution >= 0.6 is 11.8 Å². The highest BCUT2D eigenvalue weighted by atomic mass is 32.2. The molecule has 136 valence electrons. The number of nitrogens with zero attached hydrogens (tertiary/aromatic N) is 3. The van der Waals surface area contributed by atoms with E-state index in [1.807, 2.05) is 24.4 Å². The van der Waals surface area contributed by atoms with Gasteiger partial charge in [-0.05, 0) is 41.5 Å². The highest BCUT2D eigenvalue weighted by Gasteiger charge is 2.12. The third-order valence-corrected chi connectivity index (χ3v) is 5.34. The highest BCUT2D eigenvalue weighted by Crippen LogP contribution is 2.28. The Hall–Kier alpha value is -2.86. The first-order valence-corrected chi connectivity index (χ1v) is 9.52. The summed E-state index contributed by atoms with van der Waals surface area (Å²) in [6, 6.07) is 16.5. The Labute approximate surface area is 161 Å². The Morgan fingerprint density at radius 2 is 1.74 bits per heavy atom. The minimum atomic E-state index is -0.231. The monoisotopic (exact) mass is 379 g/mol. The van der Waals surface area contributed by atoms with Crippen molar-refractivity contribution < 1.29 is 9.13 Å². The Morgan fingerprint density at radius 1 is 1.00 bits per heavy atom. The van der Waals surface area contributed by atoms with Gasteiger partial charge in [-0.2, -0.15) is 0 Å². The van der Waals surface area contributed by atoms with E-state index in [1.165, 1.54) is 17.7 Å². The molecule has 0 aliphatic heterocycles. The van der Waals surface area contributed by atoms with Crippen LogP contribution in [0.2, 0.25) is 0 Å². The molecule has 0 saturated heterocycles. The molecule has 2 aromatic carbocycles. The van der Waals surface area contributed by atoms with E-state index in [1.54, 1.807) is 37.2 Å². The van der Waals surface area contributed by atoms with Crippen LogP contribution in [0.15, 0.2) is 72.1 Å². The lowest BCUT2D eigenvalue weighted by Crippen LogP contribution is -2.02. The second-order valence-electron chi connectivity index (χ2n) is 6.11. The zero-order chi connectivity index (χ0) is 18.6. The van der Waals surface area contributed by atoms with Crippen molar-refractivity contribution in [1.29, 1.82) is 0 Å². The predicted octanol–water partition coefficient (Wildman–Crippen LogP) is 4.92. The third kappa shape index (κ3) is 3.95. The highest BCUT2D eigenvalue weighted by molar-refractivity contribution is 7.98. The molecule has 0 spiro atoms. The van der Waals surface area contributed by atoms with Gasteiger partial charge in [0.2, 0.25) is 0 Å². The summed E-state index contributed by atoms with van der Waals surface area (Å²) in [7, 11) is 1.66. The van der Waals surface area contributed by atoms with Crippen molar-refractivity contribution in [2.24, 2.45) is 0 Å². The first-order valence-electron chi connectivity index (χ1n) is 8.53. The molecule has 0 unspecified atom stereocenters. The van der Waals surface area contributed by atoms with Crippen LogP contribution in [0.4, 0.5) is 4.39 Å². The average Bonchev–Trinajstić information content (AvgIpc) is 3.06. The zero-order valence-electron chi connectivity index (χ0n) is 14.8. The van der Waals surface area contributed by atoms with Gasteiger partial charge in [0, 0.05) is 11.9 Å². The molecule has 6 heteroatoms. The lowest BCUT2D eigenvalue weighted by atomic mass is 10.2. The molecule has 0 amide bonds. The first-order chi connectivity index (χ1) is 13.2. The normalized spacial score (nSPS) is 11.0. The minimum Gasteiger partial charge on any atom is -0.497 e. The minimum absolute atomic E-state index is 0.231. The predicted molar refractivity (Wildman–Crippen MR) is 106 cm³/mol. The number of ether oxygens (including phenoxy) is 1. The molecular weight excluding hydrogens is 361 g/mol. The van der Waals surface area contributed by atoms with Crippen molar-refractivity contribution in [2.75, 3.05) is 7.11 Å². The van der Waals surface area contributed by atoms with Crippen molar-refractivity contribution in [1.82, 2.24) is 14.5 Å². The molecule has 0 bridgehead atoms. The molecule has 2 aromatic heterocycles. The lowest BCUT2D eigenvalue weighted by molar-refractivity contribution is 0.414. The zero-order valence-corrected chi connectivity index (χ0v) is 15.6. The van der Waals surface area contributed by atoms with Crippen LogP contribution in [0.3, 0.4) is 0 Å². The first kappa shape index (κ1) is 17.5. The number of methoxy groups -OCH3 is 1. The topological polar surface area (TPSA) is 39.9 Å². The molecule has 0 N–H and O–H groups in total. The molecule has 4 nitrogen and oxygen atoms in total. The fourth-order valence-electron chi connectivity index (χ4n) is 2.85. The second-order valence-corrected chi connectivity index (χ2v) is 7.05. The summed E-state index contributed by atoms with van der Waals surface area (Å²) < 4.78 is 20.6. The Morgan fingerprint density at radius 3 is 2.48 bits per heavy atom. The maximum atomic E-state index is 13.2. The largest absolute Gasteiger partial charge is 0.497 e. The van der Waals surface area contributed by atoms with Gasteiger partial charge in [-0.1, -0.05) is 36.0 Å². The van der Waals surface area contributed by atoms with Crippen molar-refractivity contribution >= 4 is 22.8 Å². The van der Waals surface area contributed by atoms with Gasteiger partial charge in [-0.15, -0.1) is 0 Å². The summed E-state index contributed by atoms with van der Waals surface area (Å²) in [5.41, 5.74) is 4.09. The maximum absolute atomic E-state index is 13.2. The van der Waals surface area contributed by atoms with Gasteiger partial charge in [-0.25, -0.2) is 9.37 Å². The number of imidazole rings is 1. The van der Waals surface area contributed by atoms with E-state index in [0.29, 0.717) is 6.54 Å². The van der Waals surface area contributed by atoms with Crippen LogP contribution in [0, 0.1) is 5.82 Å². The fraction of sp³-hybridized carbons (Fsp3) is 0.143. The number of halogens is 1. The number of hydrogen-bond donors (Lipinski definition) is 0. The summed E-state index contributed by atoms with van der Waals surface area (Å²) in [6.07, 6.45) is 3.57. The molecular formula is C21H18FN3OS. The number of aromatic nitrogens is 3. The lowest BCUT2D eigenvalue weighted by Gasteiger charge is -2.09. The van der Waals surface area contributed by atoms with Crippen LogP contribution in [0.5, 0.6) is 5.75 Å². The van der Waals surface area contributed by atoms with E-state index in [0.717, 1.165) is 33.3 Å². The molecule has 2 heterocycles. The van der Waals surface area contributed by atoms with Gasteiger partial charge in [0.15, 0.2) is 5.16 Å². The van der Waals surface area contributed by atoms with E-state index in [4.69, 9.17) is 9.72 Å². The Balaban J connectivity index is 1.61. The number of hydrogen-bond acceptors (Lipinski definition) is 4. The van der Waals surface area contributed by atoms with E-state index in [9.17, 15) is 4.39 Å². The van der Waals surface area contributed by atoms with Gasteiger partial charge in [0.25, 0.3) is 0 Å². The number of benzene rings is 2. The molecule has 0 saturated carbocycles. The molecule has 0 radical (unpaired) electrons. The molecule has 0 fully saturated rings. The molecule has 4 aromatic rings. The van der Waals surface area contributed by atoms with Crippen molar-refractivity contribution in [3.63, 3.8) is 0 Å². The third-order valence-electron chi connectivity index (χ3n) is 4.30.